The maximum Gasteiger partial charge on any atom is 0.335 e. The number of thioether (sulfide) groups is 1. The van der Waals surface area contributed by atoms with Crippen molar-refractivity contribution < 1.29 is 24.3 Å². The van der Waals surface area contributed by atoms with Gasteiger partial charge in [-0.25, -0.2) is 4.79 Å². The van der Waals surface area contributed by atoms with Crippen LogP contribution >= 0.6 is 27.7 Å². The molecule has 4 aromatic carbocycles. The van der Waals surface area contributed by atoms with Gasteiger partial charge in [0.05, 0.1) is 11.3 Å². The number of halogens is 1. The molecule has 0 aliphatic rings. The Labute approximate surface area is 255 Å². The summed E-state index contributed by atoms with van der Waals surface area (Å²) in [4.78, 5) is 50.5. The second-order valence-corrected chi connectivity index (χ2v) is 11.0. The standard InChI is InChI=1S/C32H26BrN3O5S/c1-20-7-10-23(32(40)41)18-27(20)35-29(37)19-42-26-15-13-25(14-16-26)34-31(39)28(17-21-8-11-24(33)12-9-21)36-30(38)22-5-3-2-4-6-22/h2-18H,19H2,1H3,(H,34,39)(H,35,37)(H,36,38)(H,40,41)/b28-17-. The molecule has 0 bridgehead atoms. The molecule has 8 nitrogen and oxygen atoms in total. The quantitative estimate of drug-likeness (QED) is 0.114. The Bertz CT molecular complexity index is 1640. The van der Waals surface area contributed by atoms with Crippen LogP contribution in [0.2, 0.25) is 0 Å². The van der Waals surface area contributed by atoms with Crippen LogP contribution in [0.3, 0.4) is 0 Å². The van der Waals surface area contributed by atoms with E-state index >= 15 is 0 Å². The molecule has 0 saturated heterocycles. The van der Waals surface area contributed by atoms with Crippen molar-refractivity contribution in [3.05, 3.63) is 129 Å². The first kappa shape index (κ1) is 30.3. The lowest BCUT2D eigenvalue weighted by atomic mass is 10.1. The number of hydrogen-bond acceptors (Lipinski definition) is 5. The molecule has 0 unspecified atom stereocenters. The highest BCUT2D eigenvalue weighted by Gasteiger charge is 2.15. The van der Waals surface area contributed by atoms with E-state index in [1.165, 1.54) is 23.9 Å². The summed E-state index contributed by atoms with van der Waals surface area (Å²) in [5, 5.41) is 17.5. The summed E-state index contributed by atoms with van der Waals surface area (Å²) in [5.74, 6) is -2.15. The minimum atomic E-state index is -1.07. The van der Waals surface area contributed by atoms with Gasteiger partial charge in [0, 0.05) is 26.3 Å². The topological polar surface area (TPSA) is 125 Å². The van der Waals surface area contributed by atoms with Crippen molar-refractivity contribution in [3.63, 3.8) is 0 Å². The molecule has 3 amide bonds. The molecular weight excluding hydrogens is 618 g/mol. The molecule has 42 heavy (non-hydrogen) atoms. The molecule has 0 radical (unpaired) electrons. The molecule has 0 aromatic heterocycles. The van der Waals surface area contributed by atoms with Crippen LogP contribution in [0.15, 0.2) is 112 Å². The van der Waals surface area contributed by atoms with E-state index in [0.29, 0.717) is 16.9 Å². The van der Waals surface area contributed by atoms with Crippen molar-refractivity contribution in [3.8, 4) is 0 Å². The molecule has 0 aliphatic heterocycles. The highest BCUT2D eigenvalue weighted by Crippen LogP contribution is 2.23. The van der Waals surface area contributed by atoms with Gasteiger partial charge in [0.2, 0.25) is 5.91 Å². The van der Waals surface area contributed by atoms with E-state index in [1.54, 1.807) is 73.7 Å². The lowest BCUT2D eigenvalue weighted by molar-refractivity contribution is -0.114. The van der Waals surface area contributed by atoms with Crippen molar-refractivity contribution >= 4 is 68.8 Å². The summed E-state index contributed by atoms with van der Waals surface area (Å²) in [6.07, 6.45) is 1.60. The Balaban J connectivity index is 1.39. The molecule has 4 rings (SSSR count). The van der Waals surface area contributed by atoms with E-state index in [2.05, 4.69) is 31.9 Å². The van der Waals surface area contributed by atoms with Gasteiger partial charge in [-0.05, 0) is 84.8 Å². The summed E-state index contributed by atoms with van der Waals surface area (Å²) in [6, 6.07) is 27.4. The molecule has 0 spiro atoms. The maximum absolute atomic E-state index is 13.2. The molecular formula is C32H26BrN3O5S. The third-order valence-electron chi connectivity index (χ3n) is 5.95. The van der Waals surface area contributed by atoms with Gasteiger partial charge in [0.25, 0.3) is 11.8 Å². The molecule has 0 heterocycles. The van der Waals surface area contributed by atoms with Gasteiger partial charge in [-0.3, -0.25) is 14.4 Å². The molecule has 10 heteroatoms. The minimum absolute atomic E-state index is 0.0727. The predicted molar refractivity (Wildman–Crippen MR) is 169 cm³/mol. The predicted octanol–water partition coefficient (Wildman–Crippen LogP) is 6.60. The number of rotatable bonds is 10. The van der Waals surface area contributed by atoms with Crippen LogP contribution in [0.5, 0.6) is 0 Å². The number of aromatic carboxylic acids is 1. The van der Waals surface area contributed by atoms with Crippen LogP contribution in [0.4, 0.5) is 11.4 Å². The van der Waals surface area contributed by atoms with E-state index in [1.807, 2.05) is 24.3 Å². The van der Waals surface area contributed by atoms with Gasteiger partial charge in [-0.1, -0.05) is 52.3 Å². The molecule has 212 valence electrons. The normalized spacial score (nSPS) is 11.0. The monoisotopic (exact) mass is 643 g/mol. The van der Waals surface area contributed by atoms with E-state index < -0.39 is 17.8 Å². The number of nitrogens with one attached hydrogen (secondary N) is 3. The average molecular weight is 645 g/mol. The summed E-state index contributed by atoms with van der Waals surface area (Å²) >= 11 is 4.69. The van der Waals surface area contributed by atoms with E-state index in [9.17, 15) is 24.3 Å². The van der Waals surface area contributed by atoms with Crippen molar-refractivity contribution in [2.45, 2.75) is 11.8 Å². The van der Waals surface area contributed by atoms with Gasteiger partial charge < -0.3 is 21.1 Å². The van der Waals surface area contributed by atoms with Gasteiger partial charge >= 0.3 is 5.97 Å². The Kier molecular flexibility index (Phi) is 10.3. The Morgan fingerprint density at radius 3 is 2.19 bits per heavy atom. The van der Waals surface area contributed by atoms with Gasteiger partial charge in [-0.15, -0.1) is 11.8 Å². The van der Waals surface area contributed by atoms with Gasteiger partial charge in [0.15, 0.2) is 0 Å². The van der Waals surface area contributed by atoms with E-state index in [0.717, 1.165) is 20.5 Å². The third-order valence-corrected chi connectivity index (χ3v) is 7.49. The number of anilines is 2. The Morgan fingerprint density at radius 2 is 1.52 bits per heavy atom. The number of carboxylic acid groups (broad SMARTS) is 1. The van der Waals surface area contributed by atoms with Crippen LogP contribution in [-0.2, 0) is 9.59 Å². The first-order valence-corrected chi connectivity index (χ1v) is 14.5. The molecule has 0 atom stereocenters. The van der Waals surface area contributed by atoms with Crippen molar-refractivity contribution in [2.24, 2.45) is 0 Å². The highest BCUT2D eigenvalue weighted by molar-refractivity contribution is 9.10. The molecule has 0 aliphatic carbocycles. The summed E-state index contributed by atoms with van der Waals surface area (Å²) in [7, 11) is 0. The molecule has 4 N–H and O–H groups in total. The minimum Gasteiger partial charge on any atom is -0.478 e. The van der Waals surface area contributed by atoms with Crippen molar-refractivity contribution in [1.82, 2.24) is 5.32 Å². The number of aryl methyl sites for hydroxylation is 1. The van der Waals surface area contributed by atoms with E-state index in [4.69, 9.17) is 0 Å². The zero-order valence-electron chi connectivity index (χ0n) is 22.4. The van der Waals surface area contributed by atoms with Crippen LogP contribution in [0.1, 0.15) is 31.8 Å². The summed E-state index contributed by atoms with van der Waals surface area (Å²) in [6.45, 7) is 1.79. The van der Waals surface area contributed by atoms with Crippen LogP contribution < -0.4 is 16.0 Å². The molecule has 0 saturated carbocycles. The van der Waals surface area contributed by atoms with Crippen LogP contribution in [0, 0.1) is 6.92 Å². The Morgan fingerprint density at radius 1 is 0.833 bits per heavy atom. The summed E-state index contributed by atoms with van der Waals surface area (Å²) in [5.41, 5.74) is 3.02. The fraction of sp³-hybridized carbons (Fsp3) is 0.0625. The zero-order chi connectivity index (χ0) is 30.1. The second kappa shape index (κ2) is 14.3. The van der Waals surface area contributed by atoms with Crippen LogP contribution in [0.25, 0.3) is 6.08 Å². The van der Waals surface area contributed by atoms with Crippen LogP contribution in [-0.4, -0.2) is 34.6 Å². The van der Waals surface area contributed by atoms with Gasteiger partial charge in [0.1, 0.15) is 5.70 Å². The number of amides is 3. The summed E-state index contributed by atoms with van der Waals surface area (Å²) < 4.78 is 0.886. The SMILES string of the molecule is Cc1ccc(C(=O)O)cc1NC(=O)CSc1ccc(NC(=O)/C(=C/c2ccc(Br)cc2)NC(=O)c2ccccc2)cc1. The largest absolute Gasteiger partial charge is 0.478 e. The van der Waals surface area contributed by atoms with E-state index in [-0.39, 0.29) is 22.9 Å². The first-order chi connectivity index (χ1) is 20.2. The smallest absolute Gasteiger partial charge is 0.335 e. The lowest BCUT2D eigenvalue weighted by Gasteiger charge is -2.12. The first-order valence-electron chi connectivity index (χ1n) is 12.7. The second-order valence-electron chi connectivity index (χ2n) is 9.08. The number of hydrogen-bond donors (Lipinski definition) is 4. The lowest BCUT2D eigenvalue weighted by Crippen LogP contribution is -2.30. The Hall–Kier alpha value is -4.67. The average Bonchev–Trinajstić information content (AvgIpc) is 2.99. The molecule has 0 fully saturated rings. The van der Waals surface area contributed by atoms with Gasteiger partial charge in [-0.2, -0.15) is 0 Å². The fourth-order valence-electron chi connectivity index (χ4n) is 3.73. The maximum atomic E-state index is 13.2. The number of benzene rings is 4. The van der Waals surface area contributed by atoms with Crippen molar-refractivity contribution in [1.29, 1.82) is 0 Å². The third kappa shape index (κ3) is 8.66. The zero-order valence-corrected chi connectivity index (χ0v) is 24.8. The number of carbonyl (C=O) groups excluding carboxylic acids is 3. The number of carboxylic acids is 1. The molecule has 4 aromatic rings. The number of carbonyl (C=O) groups is 4. The highest BCUT2D eigenvalue weighted by atomic mass is 79.9. The van der Waals surface area contributed by atoms with Crippen molar-refractivity contribution in [2.75, 3.05) is 16.4 Å². The fourth-order valence-corrected chi connectivity index (χ4v) is 4.69.